The Labute approximate surface area is 530 Å². The molecule has 0 heterocycles. The van der Waals surface area contributed by atoms with E-state index in [1.165, 1.54) is 122 Å². The van der Waals surface area contributed by atoms with E-state index in [4.69, 9.17) is 37.0 Å². The van der Waals surface area contributed by atoms with Gasteiger partial charge in [-0.3, -0.25) is 37.3 Å². The van der Waals surface area contributed by atoms with Gasteiger partial charge in [-0.15, -0.1) is 0 Å². The van der Waals surface area contributed by atoms with Crippen molar-refractivity contribution in [3.05, 3.63) is 0 Å². The van der Waals surface area contributed by atoms with Gasteiger partial charge in [0.05, 0.1) is 26.4 Å². The van der Waals surface area contributed by atoms with E-state index < -0.39 is 97.5 Å². The Morgan fingerprint density at radius 2 is 0.552 bits per heavy atom. The van der Waals surface area contributed by atoms with Crippen molar-refractivity contribution in [3.8, 4) is 0 Å². The molecule has 0 fully saturated rings. The molecular formula is C68H132O17P2. The molecule has 0 aliphatic heterocycles. The van der Waals surface area contributed by atoms with Gasteiger partial charge in [0, 0.05) is 25.7 Å². The summed E-state index contributed by atoms with van der Waals surface area (Å²) in [6.45, 7) is 14.0. The van der Waals surface area contributed by atoms with Gasteiger partial charge in [0.2, 0.25) is 0 Å². The van der Waals surface area contributed by atoms with Crippen LogP contribution in [0, 0.1) is 23.7 Å². The number of phosphoric ester groups is 2. The zero-order chi connectivity index (χ0) is 64.7. The van der Waals surface area contributed by atoms with Crippen LogP contribution < -0.4 is 0 Å². The molecule has 0 bridgehead atoms. The minimum atomic E-state index is -4.95. The number of aliphatic hydroxyl groups is 1. The lowest BCUT2D eigenvalue weighted by Gasteiger charge is -2.21. The van der Waals surface area contributed by atoms with Crippen LogP contribution in [0.2, 0.25) is 0 Å². The second kappa shape index (κ2) is 57.9. The molecule has 3 N–H and O–H groups in total. The first kappa shape index (κ1) is 85.1. The zero-order valence-electron chi connectivity index (χ0n) is 56.6. The van der Waals surface area contributed by atoms with Crippen molar-refractivity contribution in [2.24, 2.45) is 23.7 Å². The highest BCUT2D eigenvalue weighted by Gasteiger charge is 2.30. The first-order valence-corrected chi connectivity index (χ1v) is 38.2. The Bertz CT molecular complexity index is 1730. The monoisotopic (exact) mass is 1280 g/mol. The molecule has 0 aromatic heterocycles. The predicted octanol–water partition coefficient (Wildman–Crippen LogP) is 18.9. The molecule has 0 saturated heterocycles. The summed E-state index contributed by atoms with van der Waals surface area (Å²) in [5.74, 6) is 0.769. The van der Waals surface area contributed by atoms with Crippen LogP contribution in [0.25, 0.3) is 0 Å². The second-order valence-corrected chi connectivity index (χ2v) is 29.1. The standard InChI is InChI=1S/C68H132O17P2/c1-9-61(8)47-39-31-25-27-33-41-49-66(71)79-55-64(85-68(73)51-43-35-26-24-30-38-46-60(6)7)57-83-87(76,77)81-53-62(69)52-80-86(74,75)82-56-63(54-78-65(70)48-40-32-23-19-21-29-37-45-59(4)5)84-67(72)50-42-34-22-18-16-14-12-10-11-13-15-17-20-28-36-44-58(2)3/h58-64,69H,9-57H2,1-8H3,(H,74,75)(H,76,77)/t61?,62-,63-,64-/m1/s1. The molecule has 87 heavy (non-hydrogen) atoms. The average molecular weight is 1280 g/mol. The van der Waals surface area contributed by atoms with Gasteiger partial charge < -0.3 is 33.8 Å². The van der Waals surface area contributed by atoms with Crippen molar-refractivity contribution < 1.29 is 80.2 Å². The molecule has 17 nitrogen and oxygen atoms in total. The molecular weight excluding hydrogens is 1150 g/mol. The number of unbranched alkanes of at least 4 members (excludes halogenated alkanes) is 30. The third-order valence-electron chi connectivity index (χ3n) is 15.9. The molecule has 0 rings (SSSR count). The van der Waals surface area contributed by atoms with E-state index in [1.54, 1.807) is 0 Å². The van der Waals surface area contributed by atoms with Gasteiger partial charge in [-0.05, 0) is 49.4 Å². The smallest absolute Gasteiger partial charge is 0.462 e. The largest absolute Gasteiger partial charge is 0.472 e. The molecule has 0 saturated carbocycles. The minimum Gasteiger partial charge on any atom is -0.462 e. The van der Waals surface area contributed by atoms with Crippen LogP contribution in [0.4, 0.5) is 0 Å². The van der Waals surface area contributed by atoms with E-state index in [2.05, 4.69) is 55.4 Å². The molecule has 0 spiro atoms. The van der Waals surface area contributed by atoms with E-state index >= 15 is 0 Å². The fraction of sp³-hybridized carbons (Fsp3) is 0.941. The van der Waals surface area contributed by atoms with Crippen LogP contribution in [-0.4, -0.2) is 96.7 Å². The normalized spacial score (nSPS) is 14.6. The van der Waals surface area contributed by atoms with Crippen molar-refractivity contribution in [1.82, 2.24) is 0 Å². The van der Waals surface area contributed by atoms with Crippen molar-refractivity contribution in [2.45, 2.75) is 350 Å². The summed E-state index contributed by atoms with van der Waals surface area (Å²) >= 11 is 0. The number of carbonyl (C=O) groups excluding carboxylic acids is 4. The van der Waals surface area contributed by atoms with Crippen LogP contribution in [0.3, 0.4) is 0 Å². The fourth-order valence-electron chi connectivity index (χ4n) is 10.1. The molecule has 3 unspecified atom stereocenters. The van der Waals surface area contributed by atoms with Gasteiger partial charge in [-0.2, -0.15) is 0 Å². The van der Waals surface area contributed by atoms with Gasteiger partial charge >= 0.3 is 39.5 Å². The Kier molecular flexibility index (Phi) is 56.6. The number of hydrogen-bond donors (Lipinski definition) is 3. The Morgan fingerprint density at radius 3 is 0.816 bits per heavy atom. The molecule has 0 amide bonds. The van der Waals surface area contributed by atoms with Crippen molar-refractivity contribution >= 4 is 39.5 Å². The maximum absolute atomic E-state index is 13.0. The first-order valence-electron chi connectivity index (χ1n) is 35.2. The number of hydrogen-bond acceptors (Lipinski definition) is 15. The molecule has 0 aliphatic rings. The van der Waals surface area contributed by atoms with E-state index in [1.807, 2.05) is 0 Å². The number of aliphatic hydroxyl groups excluding tert-OH is 1. The Balaban J connectivity index is 5.20. The van der Waals surface area contributed by atoms with Crippen molar-refractivity contribution in [1.29, 1.82) is 0 Å². The lowest BCUT2D eigenvalue weighted by molar-refractivity contribution is -0.161. The lowest BCUT2D eigenvalue weighted by atomic mass is 10.00. The lowest BCUT2D eigenvalue weighted by Crippen LogP contribution is -2.30. The van der Waals surface area contributed by atoms with Crippen LogP contribution in [0.1, 0.15) is 331 Å². The summed E-state index contributed by atoms with van der Waals surface area (Å²) in [5.41, 5.74) is 0. The second-order valence-electron chi connectivity index (χ2n) is 26.2. The van der Waals surface area contributed by atoms with E-state index in [-0.39, 0.29) is 25.7 Å². The summed E-state index contributed by atoms with van der Waals surface area (Å²) in [6, 6.07) is 0. The number of esters is 4. The molecule has 0 aromatic rings. The topological polar surface area (TPSA) is 237 Å². The maximum Gasteiger partial charge on any atom is 0.472 e. The Morgan fingerprint density at radius 1 is 0.322 bits per heavy atom. The van der Waals surface area contributed by atoms with Crippen molar-refractivity contribution in [3.63, 3.8) is 0 Å². The minimum absolute atomic E-state index is 0.101. The molecule has 0 aliphatic carbocycles. The molecule has 19 heteroatoms. The summed E-state index contributed by atoms with van der Waals surface area (Å²) in [7, 11) is -9.90. The van der Waals surface area contributed by atoms with Crippen LogP contribution in [-0.2, 0) is 65.4 Å². The summed E-state index contributed by atoms with van der Waals surface area (Å²) < 4.78 is 68.1. The third kappa shape index (κ3) is 61.3. The van der Waals surface area contributed by atoms with E-state index in [0.29, 0.717) is 37.5 Å². The highest BCUT2D eigenvalue weighted by molar-refractivity contribution is 7.47. The maximum atomic E-state index is 13.0. The number of rotatable bonds is 65. The first-order chi connectivity index (χ1) is 41.6. The predicted molar refractivity (Wildman–Crippen MR) is 349 cm³/mol. The van der Waals surface area contributed by atoms with E-state index in [0.717, 1.165) is 115 Å². The summed E-state index contributed by atoms with van der Waals surface area (Å²) in [4.78, 5) is 72.3. The van der Waals surface area contributed by atoms with Gasteiger partial charge in [0.15, 0.2) is 12.2 Å². The van der Waals surface area contributed by atoms with Crippen LogP contribution in [0.5, 0.6) is 0 Å². The summed E-state index contributed by atoms with van der Waals surface area (Å²) in [5, 5.41) is 10.6. The molecule has 0 radical (unpaired) electrons. The molecule has 516 valence electrons. The SMILES string of the molecule is CCC(C)CCCCCCCCC(=O)OC[C@H](COP(=O)(O)OC[C@H](O)COP(=O)(O)OC[C@@H](COC(=O)CCCCCCCCCC(C)C)OC(=O)CCCCCCCCCCCCCCCCCC(C)C)OC(=O)CCCCCCCCC(C)C. The number of carbonyl (C=O) groups is 4. The highest BCUT2D eigenvalue weighted by Crippen LogP contribution is 2.45. The highest BCUT2D eigenvalue weighted by atomic mass is 31.2. The average Bonchev–Trinajstić information content (AvgIpc) is 3.69. The van der Waals surface area contributed by atoms with Crippen LogP contribution in [0.15, 0.2) is 0 Å². The quantitative estimate of drug-likeness (QED) is 0.0222. The van der Waals surface area contributed by atoms with Crippen LogP contribution >= 0.6 is 15.6 Å². The fourth-order valence-corrected chi connectivity index (χ4v) is 11.7. The van der Waals surface area contributed by atoms with Gasteiger partial charge in [0.1, 0.15) is 19.3 Å². The van der Waals surface area contributed by atoms with Gasteiger partial charge in [-0.25, -0.2) is 9.13 Å². The molecule has 6 atom stereocenters. The van der Waals surface area contributed by atoms with Crippen molar-refractivity contribution in [2.75, 3.05) is 39.6 Å². The van der Waals surface area contributed by atoms with Gasteiger partial charge in [-0.1, -0.05) is 280 Å². The zero-order valence-corrected chi connectivity index (χ0v) is 58.4. The molecule has 0 aromatic carbocycles. The number of ether oxygens (including phenoxy) is 4. The summed E-state index contributed by atoms with van der Waals surface area (Å²) in [6.07, 6.45) is 39.3. The third-order valence-corrected chi connectivity index (χ3v) is 17.8. The number of phosphoric acid groups is 2. The van der Waals surface area contributed by atoms with E-state index in [9.17, 15) is 43.2 Å². The van der Waals surface area contributed by atoms with Gasteiger partial charge in [0.25, 0.3) is 0 Å². The Hall–Kier alpha value is -1.94.